The number of nitrogens with one attached hydrogen (secondary N) is 3. The van der Waals surface area contributed by atoms with E-state index >= 15 is 0 Å². The zero-order chi connectivity index (χ0) is 28.9. The number of hydrogen-bond acceptors (Lipinski definition) is 10. The highest BCUT2D eigenvalue weighted by Gasteiger charge is 2.25. The van der Waals surface area contributed by atoms with Crippen molar-refractivity contribution in [3.05, 3.63) is 53.2 Å². The van der Waals surface area contributed by atoms with E-state index in [4.69, 9.17) is 21.1 Å². The van der Waals surface area contributed by atoms with Crippen molar-refractivity contribution in [1.82, 2.24) is 20.2 Å². The fraction of sp³-hybridized carbons (Fsp3) is 0.414. The molecule has 0 radical (unpaired) electrons. The van der Waals surface area contributed by atoms with Gasteiger partial charge in [0, 0.05) is 56.7 Å². The van der Waals surface area contributed by atoms with Crippen LogP contribution < -0.4 is 30.5 Å². The minimum Gasteiger partial charge on any atom is -0.494 e. The highest BCUT2D eigenvalue weighted by molar-refractivity contribution is 6.33. The topological polar surface area (TPSA) is 107 Å². The highest BCUT2D eigenvalue weighted by Crippen LogP contribution is 2.34. The van der Waals surface area contributed by atoms with Crippen molar-refractivity contribution in [3.63, 3.8) is 0 Å². The summed E-state index contributed by atoms with van der Waals surface area (Å²) < 4.78 is 11.1. The number of hydrogen-bond donors (Lipinski definition) is 3. The number of morpholine rings is 1. The average molecular weight is 581 g/mol. The van der Waals surface area contributed by atoms with E-state index in [1.807, 2.05) is 36.4 Å². The lowest BCUT2D eigenvalue weighted by atomic mass is 10.1. The number of nitrogens with zero attached hydrogens (tertiary/aromatic N) is 5. The van der Waals surface area contributed by atoms with Crippen LogP contribution in [0.3, 0.4) is 0 Å². The molecule has 0 saturated carbocycles. The predicted octanol–water partition coefficient (Wildman–Crippen LogP) is 3.96. The molecule has 2 aliphatic heterocycles. The Balaban J connectivity index is 1.37. The van der Waals surface area contributed by atoms with Crippen molar-refractivity contribution >= 4 is 52.0 Å². The summed E-state index contributed by atoms with van der Waals surface area (Å²) in [5.74, 6) is 1.17. The molecule has 3 aromatic rings. The van der Waals surface area contributed by atoms with Crippen LogP contribution in [0.4, 0.5) is 34.5 Å². The molecule has 12 heteroatoms. The maximum atomic E-state index is 12.9. The van der Waals surface area contributed by atoms with Gasteiger partial charge in [-0.1, -0.05) is 11.6 Å². The molecule has 0 bridgehead atoms. The zero-order valence-corrected chi connectivity index (χ0v) is 24.7. The number of benzene rings is 2. The summed E-state index contributed by atoms with van der Waals surface area (Å²) in [6.45, 7) is 4.92. The first kappa shape index (κ1) is 28.7. The maximum Gasteiger partial charge on any atom is 0.253 e. The third kappa shape index (κ3) is 6.58. The second-order valence-electron chi connectivity index (χ2n) is 10.3. The van der Waals surface area contributed by atoms with Crippen molar-refractivity contribution in [2.24, 2.45) is 0 Å². The van der Waals surface area contributed by atoms with Gasteiger partial charge in [0.1, 0.15) is 10.8 Å². The smallest absolute Gasteiger partial charge is 0.253 e. The summed E-state index contributed by atoms with van der Waals surface area (Å²) in [6, 6.07) is 12.3. The Bertz CT molecular complexity index is 1380. The molecule has 41 heavy (non-hydrogen) atoms. The van der Waals surface area contributed by atoms with E-state index in [9.17, 15) is 4.79 Å². The summed E-state index contributed by atoms with van der Waals surface area (Å²) >= 11 is 6.49. The SMILES string of the molecule is CNC(=O)c1cc(N2CC[C@@H](N(C)C)C2)ccc1Nc1nc(Nc2ccc(N3CCOCC3)cc2OC)ncc1Cl. The van der Waals surface area contributed by atoms with Gasteiger partial charge >= 0.3 is 0 Å². The van der Waals surface area contributed by atoms with Crippen LogP contribution in [0.5, 0.6) is 5.75 Å². The summed E-state index contributed by atoms with van der Waals surface area (Å²) in [4.78, 5) is 28.7. The number of carbonyl (C=O) groups excluding carboxylic acids is 1. The number of ether oxygens (including phenoxy) is 2. The molecule has 2 aliphatic rings. The molecule has 1 atom stereocenters. The van der Waals surface area contributed by atoms with Gasteiger partial charge in [0.25, 0.3) is 5.91 Å². The minimum atomic E-state index is -0.202. The monoisotopic (exact) mass is 580 g/mol. The van der Waals surface area contributed by atoms with Crippen molar-refractivity contribution in [3.8, 4) is 5.75 Å². The summed E-state index contributed by atoms with van der Waals surface area (Å²) in [7, 11) is 7.45. The Morgan fingerprint density at radius 3 is 2.46 bits per heavy atom. The molecule has 2 fully saturated rings. The van der Waals surface area contributed by atoms with Crippen molar-refractivity contribution in [1.29, 1.82) is 0 Å². The van der Waals surface area contributed by atoms with Crippen molar-refractivity contribution in [2.45, 2.75) is 12.5 Å². The van der Waals surface area contributed by atoms with Gasteiger partial charge in [0.2, 0.25) is 5.95 Å². The van der Waals surface area contributed by atoms with Gasteiger partial charge < -0.3 is 40.1 Å². The molecule has 1 aromatic heterocycles. The molecular weight excluding hydrogens is 544 g/mol. The second-order valence-corrected chi connectivity index (χ2v) is 10.7. The zero-order valence-electron chi connectivity index (χ0n) is 23.9. The molecule has 2 aromatic carbocycles. The average Bonchev–Trinajstić information content (AvgIpc) is 3.50. The lowest BCUT2D eigenvalue weighted by Crippen LogP contribution is -2.36. The number of methoxy groups -OCH3 is 1. The third-order valence-corrected chi connectivity index (χ3v) is 7.82. The Morgan fingerprint density at radius 1 is 1.05 bits per heavy atom. The number of carbonyl (C=O) groups is 1. The largest absolute Gasteiger partial charge is 0.494 e. The van der Waals surface area contributed by atoms with Crippen LogP contribution in [-0.4, -0.2) is 94.5 Å². The van der Waals surface area contributed by atoms with E-state index in [0.29, 0.717) is 53.0 Å². The molecule has 3 N–H and O–H groups in total. The van der Waals surface area contributed by atoms with Gasteiger partial charge in [-0.15, -0.1) is 0 Å². The molecule has 5 rings (SSSR count). The molecule has 1 amide bonds. The number of anilines is 6. The number of rotatable bonds is 9. The van der Waals surface area contributed by atoms with E-state index in [-0.39, 0.29) is 5.91 Å². The maximum absolute atomic E-state index is 12.9. The van der Waals surface area contributed by atoms with Crippen LogP contribution in [-0.2, 0) is 4.74 Å². The van der Waals surface area contributed by atoms with Gasteiger partial charge in [0.05, 0.1) is 43.5 Å². The van der Waals surface area contributed by atoms with Gasteiger partial charge in [-0.05, 0) is 50.8 Å². The van der Waals surface area contributed by atoms with Crippen LogP contribution >= 0.6 is 11.6 Å². The first-order chi connectivity index (χ1) is 19.9. The Labute approximate surface area is 245 Å². The van der Waals surface area contributed by atoms with Crippen LogP contribution in [0.1, 0.15) is 16.8 Å². The predicted molar refractivity (Wildman–Crippen MR) is 164 cm³/mol. The molecule has 2 saturated heterocycles. The Hall–Kier alpha value is -3.80. The van der Waals surface area contributed by atoms with Crippen LogP contribution in [0.2, 0.25) is 5.02 Å². The number of aromatic nitrogens is 2. The first-order valence-corrected chi connectivity index (χ1v) is 14.1. The van der Waals surface area contributed by atoms with Crippen LogP contribution in [0, 0.1) is 0 Å². The normalized spacial score (nSPS) is 17.1. The molecule has 0 spiro atoms. The van der Waals surface area contributed by atoms with Crippen molar-refractivity contribution in [2.75, 3.05) is 88.1 Å². The van der Waals surface area contributed by atoms with Crippen molar-refractivity contribution < 1.29 is 14.3 Å². The third-order valence-electron chi connectivity index (χ3n) is 7.54. The van der Waals surface area contributed by atoms with E-state index in [0.717, 1.165) is 49.7 Å². The fourth-order valence-electron chi connectivity index (χ4n) is 5.12. The van der Waals surface area contributed by atoms with Crippen LogP contribution in [0.15, 0.2) is 42.6 Å². The van der Waals surface area contributed by atoms with Crippen LogP contribution in [0.25, 0.3) is 0 Å². The molecule has 0 unspecified atom stereocenters. The van der Waals surface area contributed by atoms with E-state index < -0.39 is 0 Å². The van der Waals surface area contributed by atoms with E-state index in [1.165, 1.54) is 6.20 Å². The molecular formula is C29H37ClN8O3. The number of halogens is 1. The summed E-state index contributed by atoms with van der Waals surface area (Å²) in [6.07, 6.45) is 2.60. The van der Waals surface area contributed by atoms with Gasteiger partial charge in [-0.25, -0.2) is 4.98 Å². The van der Waals surface area contributed by atoms with Gasteiger partial charge in [-0.2, -0.15) is 4.98 Å². The lowest BCUT2D eigenvalue weighted by Gasteiger charge is -2.29. The second kappa shape index (κ2) is 12.8. The van der Waals surface area contributed by atoms with E-state index in [2.05, 4.69) is 54.7 Å². The quantitative estimate of drug-likeness (QED) is 0.344. The fourth-order valence-corrected chi connectivity index (χ4v) is 5.26. The highest BCUT2D eigenvalue weighted by atomic mass is 35.5. The standard InChI is InChI=1S/C29H37ClN8O3/c1-31-28(39)22-15-19(38-10-9-21(18-38)36(2)3)5-7-24(22)33-27-23(30)17-32-29(35-27)34-25-8-6-20(16-26(25)40-4)37-11-13-41-14-12-37/h5-8,15-17,21H,9-14,18H2,1-4H3,(H,31,39)(H2,32,33,34,35)/t21-/m1/s1. The van der Waals surface area contributed by atoms with E-state index in [1.54, 1.807) is 14.2 Å². The Kier molecular flexibility index (Phi) is 8.96. The van der Waals surface area contributed by atoms with Gasteiger partial charge in [-0.3, -0.25) is 4.79 Å². The minimum absolute atomic E-state index is 0.202. The molecule has 218 valence electrons. The molecule has 0 aliphatic carbocycles. The Morgan fingerprint density at radius 2 is 1.78 bits per heavy atom. The summed E-state index contributed by atoms with van der Waals surface area (Å²) in [5.41, 5.74) is 3.88. The lowest BCUT2D eigenvalue weighted by molar-refractivity contribution is 0.0964. The molecule has 11 nitrogen and oxygen atoms in total. The summed E-state index contributed by atoms with van der Waals surface area (Å²) in [5, 5.41) is 9.55. The van der Waals surface area contributed by atoms with Gasteiger partial charge in [0.15, 0.2) is 5.82 Å². The molecule has 3 heterocycles. The number of amides is 1. The number of likely N-dealkylation sites (N-methyl/N-ethyl adjacent to an activating group) is 1. The first-order valence-electron chi connectivity index (χ1n) is 13.7.